The van der Waals surface area contributed by atoms with E-state index in [0.29, 0.717) is 5.75 Å². The van der Waals surface area contributed by atoms with Crippen molar-refractivity contribution < 1.29 is 22.6 Å². The molecule has 0 spiro atoms. The fourth-order valence-corrected chi connectivity index (χ4v) is 1.75. The van der Waals surface area contributed by atoms with Crippen LogP contribution in [0.3, 0.4) is 0 Å². The highest BCUT2D eigenvalue weighted by Crippen LogP contribution is 2.27. The summed E-state index contributed by atoms with van der Waals surface area (Å²) >= 11 is 3.29. The third kappa shape index (κ3) is 6.26. The van der Waals surface area contributed by atoms with Crippen molar-refractivity contribution in [1.82, 2.24) is 0 Å². The summed E-state index contributed by atoms with van der Waals surface area (Å²) in [6.07, 6.45) is -4.31. The number of rotatable bonds is 6. The summed E-state index contributed by atoms with van der Waals surface area (Å²) < 4.78 is 46.2. The smallest absolute Gasteiger partial charge is 0.411 e. The second kappa shape index (κ2) is 7.12. The molecule has 1 aromatic rings. The molecule has 3 nitrogen and oxygen atoms in total. The minimum Gasteiger partial charge on any atom is -0.491 e. The Balaban J connectivity index is 2.46. The van der Waals surface area contributed by atoms with Crippen LogP contribution in [0.5, 0.6) is 5.75 Å². The van der Waals surface area contributed by atoms with Crippen molar-refractivity contribution >= 4 is 15.9 Å². The van der Waals surface area contributed by atoms with Crippen LogP contribution in [-0.2, 0) is 4.74 Å². The number of ether oxygens (including phenoxy) is 2. The van der Waals surface area contributed by atoms with Crippen LogP contribution >= 0.6 is 15.9 Å². The van der Waals surface area contributed by atoms with E-state index in [4.69, 9.17) is 10.5 Å². The first kappa shape index (κ1) is 16.3. The van der Waals surface area contributed by atoms with Gasteiger partial charge in [0.2, 0.25) is 0 Å². The van der Waals surface area contributed by atoms with Crippen molar-refractivity contribution in [2.75, 3.05) is 19.8 Å². The summed E-state index contributed by atoms with van der Waals surface area (Å²) in [6, 6.07) is 5.13. The van der Waals surface area contributed by atoms with E-state index in [0.717, 1.165) is 10.0 Å². The Labute approximate surface area is 118 Å². The highest BCUT2D eigenvalue weighted by molar-refractivity contribution is 9.10. The van der Waals surface area contributed by atoms with Crippen molar-refractivity contribution in [2.24, 2.45) is 5.73 Å². The van der Waals surface area contributed by atoms with Gasteiger partial charge in [-0.2, -0.15) is 13.2 Å². The molecule has 2 N–H and O–H groups in total. The number of halogens is 4. The third-order valence-electron chi connectivity index (χ3n) is 2.22. The normalized spacial score (nSPS) is 13.4. The van der Waals surface area contributed by atoms with Crippen LogP contribution in [-0.4, -0.2) is 26.0 Å². The molecule has 0 aliphatic heterocycles. The number of benzene rings is 1. The van der Waals surface area contributed by atoms with Crippen molar-refractivity contribution in [1.29, 1.82) is 0 Å². The van der Waals surface area contributed by atoms with Crippen molar-refractivity contribution in [3.8, 4) is 5.75 Å². The fraction of sp³-hybridized carbons (Fsp3) is 0.500. The van der Waals surface area contributed by atoms with Gasteiger partial charge >= 0.3 is 6.18 Å². The Hall–Kier alpha value is -0.790. The summed E-state index contributed by atoms with van der Waals surface area (Å²) in [5.74, 6) is 0.542. The van der Waals surface area contributed by atoms with Gasteiger partial charge in [0.05, 0.1) is 6.61 Å². The molecule has 0 radical (unpaired) electrons. The highest BCUT2D eigenvalue weighted by atomic mass is 79.9. The second-order valence-corrected chi connectivity index (χ2v) is 4.90. The molecule has 0 amide bonds. The predicted molar refractivity (Wildman–Crippen MR) is 69.1 cm³/mol. The minimum atomic E-state index is -4.31. The molecule has 0 saturated carbocycles. The van der Waals surface area contributed by atoms with E-state index < -0.39 is 12.8 Å². The predicted octanol–water partition coefficient (Wildman–Crippen LogP) is 3.43. The van der Waals surface area contributed by atoms with Gasteiger partial charge in [0.1, 0.15) is 19.0 Å². The van der Waals surface area contributed by atoms with E-state index in [-0.39, 0.29) is 19.3 Å². The maximum absolute atomic E-state index is 11.8. The Morgan fingerprint density at radius 3 is 2.58 bits per heavy atom. The van der Waals surface area contributed by atoms with Crippen molar-refractivity contribution in [3.63, 3.8) is 0 Å². The molecule has 0 aliphatic rings. The molecule has 1 rings (SSSR count). The van der Waals surface area contributed by atoms with Crippen LogP contribution in [0.1, 0.15) is 18.5 Å². The second-order valence-electron chi connectivity index (χ2n) is 3.99. The average molecular weight is 342 g/mol. The van der Waals surface area contributed by atoms with E-state index in [2.05, 4.69) is 20.7 Å². The highest BCUT2D eigenvalue weighted by Gasteiger charge is 2.27. The van der Waals surface area contributed by atoms with Gasteiger partial charge in [0.15, 0.2) is 0 Å². The lowest BCUT2D eigenvalue weighted by Crippen LogP contribution is -2.19. The number of hydrogen-bond acceptors (Lipinski definition) is 3. The molecule has 0 saturated heterocycles. The SMILES string of the molecule is C[C@H](N)c1ccc(Br)cc1OCCOCC(F)(F)F. The molecule has 0 heterocycles. The third-order valence-corrected chi connectivity index (χ3v) is 2.71. The van der Waals surface area contributed by atoms with E-state index in [1.165, 1.54) is 0 Å². The summed E-state index contributed by atoms with van der Waals surface area (Å²) in [5.41, 5.74) is 6.57. The van der Waals surface area contributed by atoms with E-state index in [1.54, 1.807) is 19.1 Å². The van der Waals surface area contributed by atoms with Gasteiger partial charge in [0.25, 0.3) is 0 Å². The zero-order chi connectivity index (χ0) is 14.5. The zero-order valence-corrected chi connectivity index (χ0v) is 11.9. The molecule has 19 heavy (non-hydrogen) atoms. The quantitative estimate of drug-likeness (QED) is 0.806. The van der Waals surface area contributed by atoms with E-state index in [1.807, 2.05) is 6.07 Å². The Morgan fingerprint density at radius 2 is 2.00 bits per heavy atom. The van der Waals surface area contributed by atoms with E-state index in [9.17, 15) is 13.2 Å². The van der Waals surface area contributed by atoms with Crippen LogP contribution in [0.15, 0.2) is 22.7 Å². The van der Waals surface area contributed by atoms with Crippen molar-refractivity contribution in [3.05, 3.63) is 28.2 Å². The van der Waals surface area contributed by atoms with Crippen LogP contribution < -0.4 is 10.5 Å². The van der Waals surface area contributed by atoms with Gasteiger partial charge in [-0.05, 0) is 19.1 Å². The largest absolute Gasteiger partial charge is 0.491 e. The lowest BCUT2D eigenvalue weighted by molar-refractivity contribution is -0.175. The molecule has 0 bridgehead atoms. The molecule has 108 valence electrons. The van der Waals surface area contributed by atoms with Crippen LogP contribution in [0.4, 0.5) is 13.2 Å². The molecular weight excluding hydrogens is 327 g/mol. The minimum absolute atomic E-state index is 0.0340. The van der Waals surface area contributed by atoms with Gasteiger partial charge in [-0.25, -0.2) is 0 Å². The Kier molecular flexibility index (Phi) is 6.09. The molecule has 1 atom stereocenters. The van der Waals surface area contributed by atoms with Gasteiger partial charge in [-0.15, -0.1) is 0 Å². The summed E-state index contributed by atoms with van der Waals surface area (Å²) in [7, 11) is 0. The maximum atomic E-state index is 11.8. The summed E-state index contributed by atoms with van der Waals surface area (Å²) in [6.45, 7) is 0.432. The first-order valence-corrected chi connectivity index (χ1v) is 6.41. The van der Waals surface area contributed by atoms with Gasteiger partial charge < -0.3 is 15.2 Å². The first-order valence-electron chi connectivity index (χ1n) is 5.62. The maximum Gasteiger partial charge on any atom is 0.411 e. The summed E-state index contributed by atoms with van der Waals surface area (Å²) in [5, 5.41) is 0. The standard InChI is InChI=1S/C12H15BrF3NO2/c1-8(17)10-3-2-9(13)6-11(10)19-5-4-18-7-12(14,15)16/h2-3,6,8H,4-5,7,17H2,1H3/t8-/m0/s1. The number of hydrogen-bond donors (Lipinski definition) is 1. The van der Waals surface area contributed by atoms with Crippen molar-refractivity contribution in [2.45, 2.75) is 19.1 Å². The zero-order valence-electron chi connectivity index (χ0n) is 10.3. The topological polar surface area (TPSA) is 44.5 Å². The molecule has 0 aliphatic carbocycles. The summed E-state index contributed by atoms with van der Waals surface area (Å²) in [4.78, 5) is 0. The molecule has 7 heteroatoms. The first-order chi connectivity index (χ1) is 8.79. The van der Waals surface area contributed by atoms with Gasteiger partial charge in [-0.1, -0.05) is 22.0 Å². The lowest BCUT2D eigenvalue weighted by Gasteiger charge is -2.14. The molecular formula is C12H15BrF3NO2. The van der Waals surface area contributed by atoms with Gasteiger partial charge in [0, 0.05) is 16.1 Å². The van der Waals surface area contributed by atoms with E-state index >= 15 is 0 Å². The fourth-order valence-electron chi connectivity index (χ4n) is 1.41. The van der Waals surface area contributed by atoms with Crippen LogP contribution in [0.25, 0.3) is 0 Å². The Morgan fingerprint density at radius 1 is 1.32 bits per heavy atom. The molecule has 0 unspecified atom stereocenters. The monoisotopic (exact) mass is 341 g/mol. The lowest BCUT2D eigenvalue weighted by atomic mass is 10.1. The number of alkyl halides is 3. The molecule has 0 aromatic heterocycles. The Bertz CT molecular complexity index is 410. The number of nitrogens with two attached hydrogens (primary N) is 1. The van der Waals surface area contributed by atoms with Gasteiger partial charge in [-0.3, -0.25) is 0 Å². The van der Waals surface area contributed by atoms with Crippen LogP contribution in [0, 0.1) is 0 Å². The molecule has 1 aromatic carbocycles. The average Bonchev–Trinajstić information content (AvgIpc) is 2.26. The molecule has 0 fully saturated rings. The van der Waals surface area contributed by atoms with Crippen LogP contribution in [0.2, 0.25) is 0 Å².